The second kappa shape index (κ2) is 8.61. The first kappa shape index (κ1) is 20.6. The first-order valence-corrected chi connectivity index (χ1v) is 7.56. The van der Waals surface area contributed by atoms with Gasteiger partial charge in [-0.25, -0.2) is 14.6 Å². The molecule has 0 saturated carbocycles. The van der Waals surface area contributed by atoms with Gasteiger partial charge in [0.05, 0.1) is 50.3 Å². The minimum Gasteiger partial charge on any atom is -0.462 e. The predicted octanol–water partition coefficient (Wildman–Crippen LogP) is 1.57. The molecule has 0 spiro atoms. The van der Waals surface area contributed by atoms with Crippen molar-refractivity contribution in [1.82, 2.24) is 4.98 Å². The maximum Gasteiger partial charge on any atom is 0.434 e. The Balaban J connectivity index is 3.64. The molecule has 1 rings (SSSR count). The fourth-order valence-electron chi connectivity index (χ4n) is 1.85. The van der Waals surface area contributed by atoms with Gasteiger partial charge in [0, 0.05) is 6.08 Å². The minimum atomic E-state index is -4.89. The SMILES string of the molecule is CCOC(=O)c1cc(C(=O)OCC)c(C(F)(F)F)nc1/C=C/[NH+](C)C. The van der Waals surface area contributed by atoms with E-state index in [1.807, 2.05) is 0 Å². The summed E-state index contributed by atoms with van der Waals surface area (Å²) >= 11 is 0. The van der Waals surface area contributed by atoms with Crippen molar-refractivity contribution in [3.05, 3.63) is 34.8 Å². The van der Waals surface area contributed by atoms with Crippen LogP contribution in [0.5, 0.6) is 0 Å². The minimum absolute atomic E-state index is 0.0245. The largest absolute Gasteiger partial charge is 0.462 e. The molecule has 0 amide bonds. The van der Waals surface area contributed by atoms with Gasteiger partial charge in [0.2, 0.25) is 0 Å². The van der Waals surface area contributed by atoms with Crippen LogP contribution in [-0.2, 0) is 15.7 Å². The average molecular weight is 361 g/mol. The van der Waals surface area contributed by atoms with Gasteiger partial charge in [-0.05, 0) is 19.9 Å². The van der Waals surface area contributed by atoms with E-state index in [1.165, 1.54) is 19.2 Å². The molecular formula is C16H20F3N2O4+. The lowest BCUT2D eigenvalue weighted by molar-refractivity contribution is -0.800. The second-order valence-corrected chi connectivity index (χ2v) is 5.17. The molecule has 0 aliphatic heterocycles. The summed E-state index contributed by atoms with van der Waals surface area (Å²) in [5.74, 6) is -2.08. The molecule has 1 heterocycles. The Hall–Kier alpha value is -2.42. The highest BCUT2D eigenvalue weighted by molar-refractivity contribution is 5.98. The van der Waals surface area contributed by atoms with E-state index >= 15 is 0 Å². The number of hydrogen-bond acceptors (Lipinski definition) is 5. The zero-order valence-corrected chi connectivity index (χ0v) is 14.4. The molecule has 0 aromatic carbocycles. The second-order valence-electron chi connectivity index (χ2n) is 5.17. The lowest BCUT2D eigenvalue weighted by Gasteiger charge is -2.14. The van der Waals surface area contributed by atoms with E-state index in [2.05, 4.69) is 9.72 Å². The van der Waals surface area contributed by atoms with Crippen molar-refractivity contribution in [3.63, 3.8) is 0 Å². The van der Waals surface area contributed by atoms with E-state index in [0.717, 1.165) is 11.0 Å². The van der Waals surface area contributed by atoms with E-state index in [1.54, 1.807) is 21.0 Å². The number of esters is 2. The Morgan fingerprint density at radius 2 is 1.64 bits per heavy atom. The summed E-state index contributed by atoms with van der Waals surface area (Å²) in [4.78, 5) is 28.2. The summed E-state index contributed by atoms with van der Waals surface area (Å²) < 4.78 is 49.4. The molecule has 6 nitrogen and oxygen atoms in total. The Labute approximate surface area is 143 Å². The van der Waals surface area contributed by atoms with Crippen LogP contribution in [0.4, 0.5) is 13.2 Å². The Bertz CT molecular complexity index is 670. The van der Waals surface area contributed by atoms with Gasteiger partial charge in [-0.1, -0.05) is 0 Å². The average Bonchev–Trinajstić information content (AvgIpc) is 2.51. The number of nitrogens with one attached hydrogen (secondary N) is 1. The predicted molar refractivity (Wildman–Crippen MR) is 83.0 cm³/mol. The van der Waals surface area contributed by atoms with Crippen molar-refractivity contribution in [2.24, 2.45) is 0 Å². The first-order valence-electron chi connectivity index (χ1n) is 7.56. The molecule has 0 unspecified atom stereocenters. The van der Waals surface area contributed by atoms with Crippen LogP contribution in [0.1, 0.15) is 46.0 Å². The molecule has 0 saturated heterocycles. The molecule has 1 N–H and O–H groups in total. The number of carbonyl (C=O) groups is 2. The third kappa shape index (κ3) is 5.56. The zero-order valence-electron chi connectivity index (χ0n) is 14.4. The van der Waals surface area contributed by atoms with Crippen molar-refractivity contribution in [2.75, 3.05) is 27.3 Å². The van der Waals surface area contributed by atoms with E-state index in [4.69, 9.17) is 4.74 Å². The number of aromatic nitrogens is 1. The Morgan fingerprint density at radius 3 is 2.08 bits per heavy atom. The summed E-state index contributed by atoms with van der Waals surface area (Å²) in [5, 5.41) is 0. The molecule has 0 fully saturated rings. The molecule has 0 atom stereocenters. The molecule has 138 valence electrons. The summed E-state index contributed by atoms with van der Waals surface area (Å²) in [6, 6.07) is 0.816. The number of hydrogen-bond donors (Lipinski definition) is 1. The van der Waals surface area contributed by atoms with Crippen LogP contribution in [0, 0.1) is 0 Å². The van der Waals surface area contributed by atoms with Gasteiger partial charge >= 0.3 is 18.1 Å². The fourth-order valence-corrected chi connectivity index (χ4v) is 1.85. The van der Waals surface area contributed by atoms with Crippen LogP contribution in [0.25, 0.3) is 6.08 Å². The maximum absolute atomic E-state index is 13.3. The summed E-state index contributed by atoms with van der Waals surface area (Å²) in [6.45, 7) is 2.93. The zero-order chi connectivity index (χ0) is 19.2. The van der Waals surface area contributed by atoms with Gasteiger partial charge < -0.3 is 14.4 Å². The van der Waals surface area contributed by atoms with Crippen LogP contribution >= 0.6 is 0 Å². The monoisotopic (exact) mass is 361 g/mol. The third-order valence-electron chi connectivity index (χ3n) is 2.89. The standard InChI is InChI=1S/C16H19F3N2O4/c1-5-24-14(22)10-9-11(15(23)25-6-2)13(16(17,18)19)20-12(10)7-8-21(3)4/h7-9H,5-6H2,1-4H3/p+1/b8-7+. The molecule has 1 aromatic rings. The number of pyridine rings is 1. The molecule has 1 aromatic heterocycles. The molecular weight excluding hydrogens is 341 g/mol. The highest BCUT2D eigenvalue weighted by Gasteiger charge is 2.39. The summed E-state index contributed by atoms with van der Waals surface area (Å²) in [7, 11) is 3.47. The smallest absolute Gasteiger partial charge is 0.434 e. The van der Waals surface area contributed by atoms with Gasteiger partial charge in [-0.15, -0.1) is 0 Å². The molecule has 0 aliphatic carbocycles. The topological polar surface area (TPSA) is 69.9 Å². The lowest BCUT2D eigenvalue weighted by atomic mass is 10.1. The van der Waals surface area contributed by atoms with Crippen LogP contribution in [0.15, 0.2) is 12.3 Å². The highest BCUT2D eigenvalue weighted by atomic mass is 19.4. The lowest BCUT2D eigenvalue weighted by Crippen LogP contribution is -3.00. The number of quaternary nitrogens is 1. The molecule has 0 radical (unpaired) electrons. The van der Waals surface area contributed by atoms with E-state index in [-0.39, 0.29) is 24.5 Å². The molecule has 0 aliphatic rings. The Morgan fingerprint density at radius 1 is 1.12 bits per heavy atom. The summed E-state index contributed by atoms with van der Waals surface area (Å²) in [5.41, 5.74) is -2.71. The van der Waals surface area contributed by atoms with Crippen LogP contribution in [0.3, 0.4) is 0 Å². The van der Waals surface area contributed by atoms with Gasteiger partial charge in [0.15, 0.2) is 5.69 Å². The first-order chi connectivity index (χ1) is 11.6. The van der Waals surface area contributed by atoms with Gasteiger partial charge in [0.1, 0.15) is 0 Å². The fraction of sp³-hybridized carbons (Fsp3) is 0.438. The van der Waals surface area contributed by atoms with Gasteiger partial charge in [-0.2, -0.15) is 13.2 Å². The van der Waals surface area contributed by atoms with Crippen molar-refractivity contribution >= 4 is 18.0 Å². The van der Waals surface area contributed by atoms with Crippen LogP contribution < -0.4 is 4.90 Å². The molecule has 0 bridgehead atoms. The quantitative estimate of drug-likeness (QED) is 0.779. The third-order valence-corrected chi connectivity index (χ3v) is 2.89. The van der Waals surface area contributed by atoms with E-state index in [0.29, 0.717) is 0 Å². The van der Waals surface area contributed by atoms with Crippen molar-refractivity contribution < 1.29 is 37.1 Å². The number of rotatable bonds is 6. The van der Waals surface area contributed by atoms with Crippen molar-refractivity contribution in [1.29, 1.82) is 0 Å². The molecule has 25 heavy (non-hydrogen) atoms. The maximum atomic E-state index is 13.3. The van der Waals surface area contributed by atoms with Crippen LogP contribution in [0.2, 0.25) is 0 Å². The summed E-state index contributed by atoms with van der Waals surface area (Å²) in [6.07, 6.45) is -2.11. The number of nitrogens with zero attached hydrogens (tertiary/aromatic N) is 1. The van der Waals surface area contributed by atoms with Crippen molar-refractivity contribution in [2.45, 2.75) is 20.0 Å². The Kier molecular flexibility index (Phi) is 7.10. The number of halogens is 3. The van der Waals surface area contributed by atoms with Crippen LogP contribution in [-0.4, -0.2) is 44.2 Å². The normalized spacial score (nSPS) is 11.8. The van der Waals surface area contributed by atoms with E-state index < -0.39 is 29.4 Å². The highest BCUT2D eigenvalue weighted by Crippen LogP contribution is 2.32. The van der Waals surface area contributed by atoms with E-state index in [9.17, 15) is 22.8 Å². The number of ether oxygens (including phenoxy) is 2. The molecule has 9 heteroatoms. The van der Waals surface area contributed by atoms with Crippen molar-refractivity contribution in [3.8, 4) is 0 Å². The van der Waals surface area contributed by atoms with Gasteiger partial charge in [-0.3, -0.25) is 0 Å². The number of alkyl halides is 3. The van der Waals surface area contributed by atoms with Gasteiger partial charge in [0.25, 0.3) is 0 Å². The number of carbonyl (C=O) groups excluding carboxylic acids is 2.